The third-order valence-corrected chi connectivity index (χ3v) is 6.67. The number of ether oxygens (including phenoxy) is 9. The highest BCUT2D eigenvalue weighted by Gasteiger charge is 2.23. The Morgan fingerprint density at radius 1 is 0.689 bits per heavy atom. The molecule has 1 heterocycles. The summed E-state index contributed by atoms with van der Waals surface area (Å²) >= 11 is 0. The minimum Gasteiger partial charge on any atom is -0.496 e. The van der Waals surface area contributed by atoms with E-state index >= 15 is 0 Å². The van der Waals surface area contributed by atoms with Gasteiger partial charge in [-0.1, -0.05) is 0 Å². The normalized spacial score (nSPS) is 10.8. The molecule has 0 unspecified atom stereocenters. The molecule has 12 nitrogen and oxygen atoms in total. The molecule has 0 fully saturated rings. The molecule has 238 valence electrons. The highest BCUT2D eigenvalue weighted by Crippen LogP contribution is 2.40. The summed E-state index contributed by atoms with van der Waals surface area (Å²) in [5.74, 6) is 2.26. The summed E-state index contributed by atoms with van der Waals surface area (Å²) in [6.07, 6.45) is 2.79. The summed E-state index contributed by atoms with van der Waals surface area (Å²) in [5.41, 5.74) is 0.830. The number of carbonyl (C=O) groups is 1. The van der Waals surface area contributed by atoms with Crippen molar-refractivity contribution in [3.05, 3.63) is 64.3 Å². The van der Waals surface area contributed by atoms with Crippen molar-refractivity contribution in [1.82, 2.24) is 0 Å². The minimum atomic E-state index is -0.633. The van der Waals surface area contributed by atoms with E-state index in [1.807, 2.05) is 0 Å². The van der Waals surface area contributed by atoms with Crippen molar-refractivity contribution in [1.29, 1.82) is 0 Å². The first-order valence-electron chi connectivity index (χ1n) is 13.5. The monoisotopic (exact) mass is 622 g/mol. The lowest BCUT2D eigenvalue weighted by molar-refractivity contribution is -0.138. The molecule has 0 N–H and O–H groups in total. The second-order valence-electron chi connectivity index (χ2n) is 9.17. The van der Waals surface area contributed by atoms with E-state index in [9.17, 15) is 9.59 Å². The van der Waals surface area contributed by atoms with Crippen LogP contribution in [-0.2, 0) is 9.53 Å². The fraction of sp³-hybridized carbons (Fsp3) is 0.273. The Morgan fingerprint density at radius 3 is 1.96 bits per heavy atom. The van der Waals surface area contributed by atoms with Crippen LogP contribution in [0.15, 0.2) is 57.8 Å². The van der Waals surface area contributed by atoms with E-state index in [2.05, 4.69) is 0 Å². The van der Waals surface area contributed by atoms with Crippen molar-refractivity contribution < 1.29 is 51.8 Å². The number of benzene rings is 3. The molecule has 0 aliphatic heterocycles. The Morgan fingerprint density at radius 2 is 1.36 bits per heavy atom. The van der Waals surface area contributed by atoms with Crippen LogP contribution in [0, 0.1) is 0 Å². The zero-order valence-corrected chi connectivity index (χ0v) is 26.0. The summed E-state index contributed by atoms with van der Waals surface area (Å²) in [6.45, 7) is -0.320. The lowest BCUT2D eigenvalue weighted by Gasteiger charge is -2.15. The van der Waals surface area contributed by atoms with Gasteiger partial charge in [0.15, 0.2) is 28.8 Å². The highest BCUT2D eigenvalue weighted by atomic mass is 16.6. The van der Waals surface area contributed by atoms with Gasteiger partial charge >= 0.3 is 5.97 Å². The Hall–Kier alpha value is -5.52. The van der Waals surface area contributed by atoms with E-state index < -0.39 is 11.4 Å². The smallest absolute Gasteiger partial charge is 0.330 e. The molecule has 4 rings (SSSR count). The summed E-state index contributed by atoms with van der Waals surface area (Å²) in [4.78, 5) is 26.3. The van der Waals surface area contributed by atoms with Crippen LogP contribution < -0.4 is 43.3 Å². The number of esters is 1. The van der Waals surface area contributed by atoms with Gasteiger partial charge in [0.25, 0.3) is 0 Å². The van der Waals surface area contributed by atoms with Crippen LogP contribution in [0.2, 0.25) is 0 Å². The van der Waals surface area contributed by atoms with Crippen molar-refractivity contribution in [2.45, 2.75) is 0 Å². The van der Waals surface area contributed by atoms with Crippen LogP contribution in [0.3, 0.4) is 0 Å². The van der Waals surface area contributed by atoms with Crippen molar-refractivity contribution in [3.8, 4) is 57.3 Å². The second kappa shape index (κ2) is 14.8. The first kappa shape index (κ1) is 32.4. The molecule has 0 bridgehead atoms. The maximum absolute atomic E-state index is 13.8. The molecule has 0 saturated carbocycles. The van der Waals surface area contributed by atoms with Gasteiger partial charge in [0.2, 0.25) is 16.9 Å². The van der Waals surface area contributed by atoms with Crippen LogP contribution in [-0.4, -0.2) is 69.0 Å². The molecule has 0 amide bonds. The van der Waals surface area contributed by atoms with Crippen molar-refractivity contribution in [3.63, 3.8) is 0 Å². The second-order valence-corrected chi connectivity index (χ2v) is 9.17. The lowest BCUT2D eigenvalue weighted by atomic mass is 10.1. The van der Waals surface area contributed by atoms with Gasteiger partial charge in [-0.25, -0.2) is 4.79 Å². The molecular weight excluding hydrogens is 588 g/mol. The molecule has 0 spiro atoms. The summed E-state index contributed by atoms with van der Waals surface area (Å²) < 4.78 is 55.0. The number of hydrogen-bond acceptors (Lipinski definition) is 12. The Balaban J connectivity index is 1.59. The van der Waals surface area contributed by atoms with E-state index in [0.29, 0.717) is 45.6 Å². The van der Waals surface area contributed by atoms with Crippen LogP contribution in [0.4, 0.5) is 0 Å². The third-order valence-electron chi connectivity index (χ3n) is 6.67. The molecule has 0 atom stereocenters. The molecule has 4 aromatic rings. The molecule has 0 saturated heterocycles. The third kappa shape index (κ3) is 7.01. The predicted molar refractivity (Wildman–Crippen MR) is 166 cm³/mol. The van der Waals surface area contributed by atoms with Gasteiger partial charge in [0.1, 0.15) is 35.7 Å². The Bertz CT molecular complexity index is 1730. The van der Waals surface area contributed by atoms with Gasteiger partial charge in [-0.3, -0.25) is 4.79 Å². The molecule has 0 radical (unpaired) electrons. The van der Waals surface area contributed by atoms with E-state index in [4.69, 9.17) is 47.0 Å². The zero-order chi connectivity index (χ0) is 32.5. The first-order chi connectivity index (χ1) is 21.8. The summed E-state index contributed by atoms with van der Waals surface area (Å²) in [5, 5.41) is 0.155. The molecule has 3 aromatic carbocycles. The van der Waals surface area contributed by atoms with Crippen LogP contribution in [0.5, 0.6) is 46.0 Å². The number of hydrogen-bond donors (Lipinski definition) is 0. The fourth-order valence-electron chi connectivity index (χ4n) is 4.52. The van der Waals surface area contributed by atoms with Crippen LogP contribution in [0.1, 0.15) is 5.56 Å². The zero-order valence-electron chi connectivity index (χ0n) is 26.0. The SMILES string of the molecule is COc1cc(OC)c2c(=O)c(OCCOC(=O)/C=C/c3cc(OC)c(OC)c(OC)c3)c(-c3ccc(OC)c(OC)c3)oc2c1. The van der Waals surface area contributed by atoms with E-state index in [0.717, 1.165) is 0 Å². The van der Waals surface area contributed by atoms with Crippen molar-refractivity contribution in [2.24, 2.45) is 0 Å². The number of fused-ring (bicyclic) bond motifs is 1. The molecule has 45 heavy (non-hydrogen) atoms. The van der Waals surface area contributed by atoms with Crippen LogP contribution in [0.25, 0.3) is 28.4 Å². The standard InChI is InChI=1S/C33H34O12/c1-36-21-17-24(39-4)29-25(18-21)45-31(20-9-10-22(37-2)23(16-20)38-3)33(30(29)35)44-13-12-43-28(34)11-8-19-14-26(40-5)32(42-7)27(15-19)41-6/h8-11,14-18H,12-13H2,1-7H3/b11-8+. The predicted octanol–water partition coefficient (Wildman–Crippen LogP) is 5.16. The number of methoxy groups -OCH3 is 7. The minimum absolute atomic E-state index is 0.109. The first-order valence-corrected chi connectivity index (χ1v) is 13.5. The summed E-state index contributed by atoms with van der Waals surface area (Å²) in [6, 6.07) is 11.6. The van der Waals surface area contributed by atoms with Gasteiger partial charge in [-0.2, -0.15) is 0 Å². The van der Waals surface area contributed by atoms with Gasteiger partial charge in [-0.15, -0.1) is 0 Å². The molecule has 12 heteroatoms. The van der Waals surface area contributed by atoms with Gasteiger partial charge in [0, 0.05) is 23.8 Å². The lowest BCUT2D eigenvalue weighted by Crippen LogP contribution is -2.16. The largest absolute Gasteiger partial charge is 0.496 e. The highest BCUT2D eigenvalue weighted by molar-refractivity contribution is 5.89. The molecular formula is C33H34O12. The molecule has 0 aliphatic carbocycles. The van der Waals surface area contributed by atoms with E-state index in [1.165, 1.54) is 55.8 Å². The summed E-state index contributed by atoms with van der Waals surface area (Å²) in [7, 11) is 10.4. The molecule has 0 aliphatic rings. The van der Waals surface area contributed by atoms with Gasteiger partial charge in [-0.05, 0) is 42.0 Å². The van der Waals surface area contributed by atoms with E-state index in [1.54, 1.807) is 48.5 Å². The Labute approximate surface area is 259 Å². The molecule has 1 aromatic heterocycles. The van der Waals surface area contributed by atoms with Gasteiger partial charge < -0.3 is 47.0 Å². The number of carbonyl (C=O) groups excluding carboxylic acids is 1. The topological polar surface area (TPSA) is 130 Å². The van der Waals surface area contributed by atoms with Crippen LogP contribution >= 0.6 is 0 Å². The maximum Gasteiger partial charge on any atom is 0.330 e. The van der Waals surface area contributed by atoms with Crippen molar-refractivity contribution in [2.75, 3.05) is 63.0 Å². The average Bonchev–Trinajstić information content (AvgIpc) is 3.08. The average molecular weight is 623 g/mol. The van der Waals surface area contributed by atoms with Gasteiger partial charge in [0.05, 0.1) is 49.8 Å². The van der Waals surface area contributed by atoms with Crippen molar-refractivity contribution >= 4 is 23.0 Å². The fourth-order valence-corrected chi connectivity index (χ4v) is 4.52. The number of rotatable bonds is 14. The maximum atomic E-state index is 13.8. The quantitative estimate of drug-likeness (QED) is 0.105. The Kier molecular flexibility index (Phi) is 10.6. The van der Waals surface area contributed by atoms with E-state index in [-0.39, 0.29) is 41.4 Å².